The number of hydrogen-bond acceptors (Lipinski definition) is 4. The largest absolute Gasteiger partial charge is 0.493 e. The Bertz CT molecular complexity index is 895. The molecule has 0 bridgehead atoms. The highest BCUT2D eigenvalue weighted by molar-refractivity contribution is 6.32. The number of nitrogens with zero attached hydrogens (tertiary/aromatic N) is 2. The van der Waals surface area contributed by atoms with Gasteiger partial charge in [-0.05, 0) is 62.8 Å². The van der Waals surface area contributed by atoms with E-state index in [1.54, 1.807) is 4.90 Å². The highest BCUT2D eigenvalue weighted by Gasteiger charge is 2.41. The van der Waals surface area contributed by atoms with Crippen LogP contribution in [0.2, 0.25) is 5.02 Å². The molecule has 2 heterocycles. The van der Waals surface area contributed by atoms with Gasteiger partial charge in [-0.15, -0.1) is 0 Å². The SMILES string of the molecule is Cc1cc(OC[C@@]2(CC(=O)N3CCC(O)CC3)CCCN(C(=O)CCC(F)(F)F)C2)cc(C)c1Cl. The maximum Gasteiger partial charge on any atom is 0.389 e. The third kappa shape index (κ3) is 7.74. The van der Waals surface area contributed by atoms with E-state index in [4.69, 9.17) is 16.3 Å². The summed E-state index contributed by atoms with van der Waals surface area (Å²) in [7, 11) is 0. The number of aryl methyl sites for hydroxylation is 2. The fraction of sp³-hybridized carbons (Fsp3) is 0.680. The summed E-state index contributed by atoms with van der Waals surface area (Å²) in [5, 5.41) is 10.4. The zero-order valence-electron chi connectivity index (χ0n) is 20.3. The number of amides is 2. The van der Waals surface area contributed by atoms with Crippen LogP contribution in [0.15, 0.2) is 12.1 Å². The number of rotatable bonds is 7. The zero-order valence-corrected chi connectivity index (χ0v) is 21.1. The number of halogens is 4. The van der Waals surface area contributed by atoms with Crippen molar-refractivity contribution in [2.24, 2.45) is 5.41 Å². The molecule has 2 amide bonds. The van der Waals surface area contributed by atoms with Crippen molar-refractivity contribution < 1.29 is 32.6 Å². The van der Waals surface area contributed by atoms with E-state index in [2.05, 4.69) is 0 Å². The van der Waals surface area contributed by atoms with Crippen LogP contribution in [0.4, 0.5) is 13.2 Å². The van der Waals surface area contributed by atoms with E-state index in [-0.39, 0.29) is 25.5 Å². The third-order valence-corrected chi connectivity index (χ3v) is 7.53. The first-order valence-corrected chi connectivity index (χ1v) is 12.5. The Morgan fingerprint density at radius 2 is 1.74 bits per heavy atom. The number of ether oxygens (including phenoxy) is 1. The van der Waals surface area contributed by atoms with Gasteiger partial charge in [-0.1, -0.05) is 11.6 Å². The van der Waals surface area contributed by atoms with E-state index in [1.807, 2.05) is 26.0 Å². The number of carbonyl (C=O) groups excluding carboxylic acids is 2. The number of hydrogen-bond donors (Lipinski definition) is 1. The number of aliphatic hydroxyl groups is 1. The van der Waals surface area contributed by atoms with E-state index in [1.165, 1.54) is 4.90 Å². The molecule has 0 unspecified atom stereocenters. The zero-order chi connectivity index (χ0) is 25.8. The van der Waals surface area contributed by atoms with Gasteiger partial charge in [0.25, 0.3) is 0 Å². The van der Waals surface area contributed by atoms with Crippen LogP contribution < -0.4 is 4.74 Å². The van der Waals surface area contributed by atoms with Crippen LogP contribution in [0.25, 0.3) is 0 Å². The Hall–Kier alpha value is -2.00. The summed E-state index contributed by atoms with van der Waals surface area (Å²) in [6.45, 7) is 5.33. The van der Waals surface area contributed by atoms with Crippen molar-refractivity contribution >= 4 is 23.4 Å². The maximum absolute atomic E-state index is 13.2. The predicted octanol–water partition coefficient (Wildman–Crippen LogP) is 4.66. The molecule has 10 heteroatoms. The molecule has 0 spiro atoms. The van der Waals surface area contributed by atoms with Gasteiger partial charge in [0.05, 0.1) is 19.1 Å². The van der Waals surface area contributed by atoms with Crippen LogP contribution in [0.5, 0.6) is 5.75 Å². The molecule has 35 heavy (non-hydrogen) atoms. The normalized spacial score (nSPS) is 21.8. The second-order valence-corrected chi connectivity index (χ2v) is 10.4. The van der Waals surface area contributed by atoms with Crippen molar-refractivity contribution in [1.82, 2.24) is 9.80 Å². The average molecular weight is 519 g/mol. The van der Waals surface area contributed by atoms with Crippen LogP contribution in [-0.4, -0.2) is 71.8 Å². The Morgan fingerprint density at radius 3 is 2.34 bits per heavy atom. The predicted molar refractivity (Wildman–Crippen MR) is 126 cm³/mol. The minimum atomic E-state index is -4.40. The molecule has 2 aliphatic rings. The molecule has 0 aliphatic carbocycles. The number of alkyl halides is 3. The second kappa shape index (κ2) is 11.4. The number of aliphatic hydroxyl groups excluding tert-OH is 1. The van der Waals surface area contributed by atoms with E-state index in [9.17, 15) is 27.9 Å². The molecule has 1 aromatic carbocycles. The molecule has 0 radical (unpaired) electrons. The topological polar surface area (TPSA) is 70.1 Å². The molecule has 196 valence electrons. The second-order valence-electron chi connectivity index (χ2n) is 9.98. The summed E-state index contributed by atoms with van der Waals surface area (Å²) < 4.78 is 44.1. The van der Waals surface area contributed by atoms with Gasteiger partial charge in [0.1, 0.15) is 5.75 Å². The Labute approximate surface area is 209 Å². The van der Waals surface area contributed by atoms with Gasteiger partial charge in [0, 0.05) is 49.5 Å². The van der Waals surface area contributed by atoms with Crippen molar-refractivity contribution in [3.05, 3.63) is 28.3 Å². The molecule has 1 atom stereocenters. The lowest BCUT2D eigenvalue weighted by Gasteiger charge is -2.43. The quantitative estimate of drug-likeness (QED) is 0.570. The van der Waals surface area contributed by atoms with Gasteiger partial charge < -0.3 is 19.6 Å². The van der Waals surface area contributed by atoms with Gasteiger partial charge in [-0.2, -0.15) is 13.2 Å². The van der Waals surface area contributed by atoms with E-state index < -0.39 is 36.4 Å². The Kier molecular flexibility index (Phi) is 8.96. The van der Waals surface area contributed by atoms with Gasteiger partial charge in [0.15, 0.2) is 0 Å². The number of likely N-dealkylation sites (tertiary alicyclic amines) is 2. The van der Waals surface area contributed by atoms with Crippen molar-refractivity contribution in [2.75, 3.05) is 32.8 Å². The Balaban J connectivity index is 1.76. The molecule has 1 N–H and O–H groups in total. The number of carbonyl (C=O) groups is 2. The smallest absolute Gasteiger partial charge is 0.389 e. The van der Waals surface area contributed by atoms with Crippen LogP contribution in [0.3, 0.4) is 0 Å². The fourth-order valence-electron chi connectivity index (χ4n) is 4.91. The number of benzene rings is 1. The summed E-state index contributed by atoms with van der Waals surface area (Å²) in [6, 6.07) is 3.62. The average Bonchev–Trinajstić information content (AvgIpc) is 2.79. The Morgan fingerprint density at radius 1 is 1.11 bits per heavy atom. The molecular weight excluding hydrogens is 485 g/mol. The monoisotopic (exact) mass is 518 g/mol. The third-order valence-electron chi connectivity index (χ3n) is 6.93. The van der Waals surface area contributed by atoms with E-state index in [0.29, 0.717) is 56.1 Å². The van der Waals surface area contributed by atoms with Gasteiger partial charge in [-0.25, -0.2) is 0 Å². The van der Waals surface area contributed by atoms with Crippen molar-refractivity contribution in [2.45, 2.75) is 71.1 Å². The van der Waals surface area contributed by atoms with Crippen molar-refractivity contribution in [3.63, 3.8) is 0 Å². The van der Waals surface area contributed by atoms with Gasteiger partial charge in [-0.3, -0.25) is 9.59 Å². The summed E-state index contributed by atoms with van der Waals surface area (Å²) in [4.78, 5) is 29.0. The minimum Gasteiger partial charge on any atom is -0.493 e. The standard InChI is InChI=1S/C25H34ClF3N2O4/c1-17-12-20(13-18(2)23(17)26)35-16-24(14-22(34)30-10-5-19(32)6-11-30)7-3-9-31(15-24)21(33)4-8-25(27,28)29/h12-13,19,32H,3-11,14-16H2,1-2H3/t24-/m1/s1. The molecular formula is C25H34ClF3N2O4. The lowest BCUT2D eigenvalue weighted by molar-refractivity contribution is -0.152. The minimum absolute atomic E-state index is 0.0893. The molecule has 0 saturated carbocycles. The molecule has 2 saturated heterocycles. The van der Waals surface area contributed by atoms with Crippen molar-refractivity contribution in [1.29, 1.82) is 0 Å². The first-order chi connectivity index (χ1) is 16.4. The molecule has 2 aliphatic heterocycles. The molecule has 3 rings (SSSR count). The maximum atomic E-state index is 13.2. The van der Waals surface area contributed by atoms with Crippen LogP contribution >= 0.6 is 11.6 Å². The molecule has 1 aromatic rings. The molecule has 0 aromatic heterocycles. The first-order valence-electron chi connectivity index (χ1n) is 12.1. The lowest BCUT2D eigenvalue weighted by atomic mass is 9.77. The van der Waals surface area contributed by atoms with Crippen LogP contribution in [-0.2, 0) is 9.59 Å². The summed E-state index contributed by atoms with van der Waals surface area (Å²) >= 11 is 6.26. The molecule has 2 fully saturated rings. The van der Waals surface area contributed by atoms with Gasteiger partial charge in [0.2, 0.25) is 11.8 Å². The highest BCUT2D eigenvalue weighted by atomic mass is 35.5. The van der Waals surface area contributed by atoms with Gasteiger partial charge >= 0.3 is 6.18 Å². The van der Waals surface area contributed by atoms with Crippen LogP contribution in [0, 0.1) is 19.3 Å². The van der Waals surface area contributed by atoms with E-state index in [0.717, 1.165) is 11.1 Å². The van der Waals surface area contributed by atoms with E-state index >= 15 is 0 Å². The highest BCUT2D eigenvalue weighted by Crippen LogP contribution is 2.37. The number of piperidine rings is 2. The molecule has 6 nitrogen and oxygen atoms in total. The fourth-order valence-corrected chi connectivity index (χ4v) is 5.02. The first kappa shape index (κ1) is 27.6. The summed E-state index contributed by atoms with van der Waals surface area (Å²) in [5.41, 5.74) is 0.985. The lowest BCUT2D eigenvalue weighted by Crippen LogP contribution is -2.51. The van der Waals surface area contributed by atoms with Crippen LogP contribution in [0.1, 0.15) is 56.1 Å². The van der Waals surface area contributed by atoms with Crippen molar-refractivity contribution in [3.8, 4) is 5.75 Å². The summed E-state index contributed by atoms with van der Waals surface area (Å²) in [6.07, 6.45) is -4.23. The summed E-state index contributed by atoms with van der Waals surface area (Å²) in [5.74, 6) is -0.0514.